The summed E-state index contributed by atoms with van der Waals surface area (Å²) in [5, 5.41) is 36.9. The summed E-state index contributed by atoms with van der Waals surface area (Å²) in [4.78, 5) is 18.2. The van der Waals surface area contributed by atoms with Gasteiger partial charge >= 0.3 is 11.9 Å². The van der Waals surface area contributed by atoms with Crippen LogP contribution in [0.4, 0.5) is 0 Å². The lowest BCUT2D eigenvalue weighted by molar-refractivity contribution is -0.159. The van der Waals surface area contributed by atoms with Crippen LogP contribution in [-0.2, 0) is 9.59 Å². The van der Waals surface area contributed by atoms with Crippen molar-refractivity contribution in [2.45, 2.75) is 43.3 Å². The monoisotopic (exact) mass is 514 g/mol. The minimum atomic E-state index is -1.82. The number of rotatable bonds is 8. The third-order valence-electron chi connectivity index (χ3n) is 4.69. The molecule has 0 saturated heterocycles. The van der Waals surface area contributed by atoms with Gasteiger partial charge in [0.25, 0.3) is 0 Å². The summed E-state index contributed by atoms with van der Waals surface area (Å²) < 4.78 is 3.43. The molecule has 3 rings (SSSR count). The highest BCUT2D eigenvalue weighted by atomic mass is 79.9. The summed E-state index contributed by atoms with van der Waals surface area (Å²) >= 11 is 5.25. The average molecular weight is 515 g/mol. The van der Waals surface area contributed by atoms with Gasteiger partial charge in [0.15, 0.2) is 11.0 Å². The predicted molar refractivity (Wildman–Crippen MR) is 121 cm³/mol. The van der Waals surface area contributed by atoms with Crippen molar-refractivity contribution in [1.29, 1.82) is 0 Å². The summed E-state index contributed by atoms with van der Waals surface area (Å²) in [5.41, 5.74) is 1.12. The molecule has 0 aliphatic heterocycles. The van der Waals surface area contributed by atoms with Crippen LogP contribution in [0.2, 0.25) is 0 Å². The molecule has 0 radical (unpaired) electrons. The number of hydrogen-bond donors (Lipinski definition) is 4. The smallest absolute Gasteiger partial charge is 0.414 e. The minimum Gasteiger partial charge on any atom is -0.473 e. The molecule has 0 spiro atoms. The Morgan fingerprint density at radius 2 is 1.71 bits per heavy atom. The van der Waals surface area contributed by atoms with E-state index in [0.29, 0.717) is 12.6 Å². The van der Waals surface area contributed by atoms with E-state index in [1.807, 2.05) is 0 Å². The highest BCUT2D eigenvalue weighted by Gasteiger charge is 2.23. The van der Waals surface area contributed by atoms with Crippen molar-refractivity contribution in [2.24, 2.45) is 0 Å². The maximum absolute atomic E-state index is 9.10. The van der Waals surface area contributed by atoms with Gasteiger partial charge in [-0.05, 0) is 25.0 Å². The topological polar surface area (TPSA) is 138 Å². The Morgan fingerprint density at radius 3 is 2.29 bits per heavy atom. The molecule has 0 bridgehead atoms. The lowest BCUT2D eigenvalue weighted by Gasteiger charge is -2.25. The van der Waals surface area contributed by atoms with E-state index in [2.05, 4.69) is 60.3 Å². The van der Waals surface area contributed by atoms with E-state index in [9.17, 15) is 0 Å². The van der Waals surface area contributed by atoms with Crippen LogP contribution in [0.25, 0.3) is 11.4 Å². The molecule has 9 nitrogen and oxygen atoms in total. The molecule has 1 aromatic carbocycles. The normalized spacial score (nSPS) is 14.0. The number of nitrogens with zero attached hydrogens (tertiary/aromatic N) is 3. The molecule has 1 aliphatic carbocycles. The van der Waals surface area contributed by atoms with Crippen LogP contribution in [0.5, 0.6) is 0 Å². The van der Waals surface area contributed by atoms with Crippen molar-refractivity contribution in [1.82, 2.24) is 20.1 Å². The van der Waals surface area contributed by atoms with Gasteiger partial charge in [0.1, 0.15) is 0 Å². The maximum Gasteiger partial charge on any atom is 0.414 e. The Morgan fingerprint density at radius 1 is 1.06 bits per heavy atom. The molecule has 1 fully saturated rings. The highest BCUT2D eigenvalue weighted by molar-refractivity contribution is 9.10. The van der Waals surface area contributed by atoms with E-state index >= 15 is 0 Å². The van der Waals surface area contributed by atoms with Crippen LogP contribution in [0.1, 0.15) is 38.1 Å². The van der Waals surface area contributed by atoms with E-state index < -0.39 is 11.9 Å². The number of benzene rings is 1. The number of carboxylic acids is 2. The van der Waals surface area contributed by atoms with Crippen LogP contribution in [0, 0.1) is 0 Å². The van der Waals surface area contributed by atoms with Gasteiger partial charge in [-0.25, -0.2) is 9.59 Å². The number of nitrogens with one attached hydrogen (secondary N) is 1. The molecule has 31 heavy (non-hydrogen) atoms. The van der Waals surface area contributed by atoms with Crippen LogP contribution < -0.4 is 5.32 Å². The molecule has 1 saturated carbocycles. The fourth-order valence-electron chi connectivity index (χ4n) is 3.26. The van der Waals surface area contributed by atoms with E-state index in [4.69, 9.17) is 24.9 Å². The van der Waals surface area contributed by atoms with E-state index in [0.717, 1.165) is 33.3 Å². The van der Waals surface area contributed by atoms with Gasteiger partial charge in [-0.1, -0.05) is 59.1 Å². The number of hydrogen-bond acceptors (Lipinski definition) is 7. The van der Waals surface area contributed by atoms with E-state index in [1.165, 1.54) is 32.1 Å². The molecule has 4 N–H and O–H groups in total. The SMILES string of the molecule is O=C(O)C(=O)O.OCCNCCSc1nnc(-c2ccc(Br)cc2)n1C1CCCCC1. The fraction of sp³-hybridized carbons (Fsp3) is 0.500. The number of aromatic nitrogens is 3. The van der Waals surface area contributed by atoms with Crippen LogP contribution in [0.3, 0.4) is 0 Å². The van der Waals surface area contributed by atoms with Crippen LogP contribution >= 0.6 is 27.7 Å². The number of carboxylic acid groups (broad SMARTS) is 2. The van der Waals surface area contributed by atoms with Crippen molar-refractivity contribution in [3.8, 4) is 11.4 Å². The van der Waals surface area contributed by atoms with Crippen molar-refractivity contribution >= 4 is 39.6 Å². The quantitative estimate of drug-likeness (QED) is 0.237. The molecule has 2 aromatic rings. The minimum absolute atomic E-state index is 0.177. The Balaban J connectivity index is 0.000000501. The number of aliphatic hydroxyl groups excluding tert-OH is 1. The molecular weight excluding hydrogens is 488 g/mol. The largest absolute Gasteiger partial charge is 0.473 e. The lowest BCUT2D eigenvalue weighted by Crippen LogP contribution is -2.21. The molecule has 1 aliphatic rings. The van der Waals surface area contributed by atoms with Crippen molar-refractivity contribution in [3.05, 3.63) is 28.7 Å². The number of aliphatic hydroxyl groups is 1. The van der Waals surface area contributed by atoms with Gasteiger partial charge in [-0.3, -0.25) is 4.57 Å². The molecule has 170 valence electrons. The Kier molecular flexibility index (Phi) is 11.0. The fourth-order valence-corrected chi connectivity index (χ4v) is 4.42. The highest BCUT2D eigenvalue weighted by Crippen LogP contribution is 2.35. The second-order valence-corrected chi connectivity index (χ2v) is 8.89. The van der Waals surface area contributed by atoms with Gasteiger partial charge < -0.3 is 20.6 Å². The summed E-state index contributed by atoms with van der Waals surface area (Å²) in [5.74, 6) is -1.75. The maximum atomic E-state index is 9.10. The number of thioether (sulfide) groups is 1. The Labute approximate surface area is 193 Å². The van der Waals surface area contributed by atoms with Crippen molar-refractivity contribution < 1.29 is 24.9 Å². The zero-order valence-electron chi connectivity index (χ0n) is 17.0. The van der Waals surface area contributed by atoms with E-state index in [-0.39, 0.29) is 6.61 Å². The van der Waals surface area contributed by atoms with Gasteiger partial charge in [0, 0.05) is 34.9 Å². The van der Waals surface area contributed by atoms with Crippen LogP contribution in [-0.4, -0.2) is 67.5 Å². The predicted octanol–water partition coefficient (Wildman–Crippen LogP) is 3.04. The summed E-state index contributed by atoms with van der Waals surface area (Å²) in [6.45, 7) is 1.67. The molecule has 1 heterocycles. The average Bonchev–Trinajstić information content (AvgIpc) is 3.19. The lowest BCUT2D eigenvalue weighted by atomic mass is 9.95. The number of halogens is 1. The third kappa shape index (κ3) is 8.24. The first-order valence-electron chi connectivity index (χ1n) is 10.1. The third-order valence-corrected chi connectivity index (χ3v) is 6.16. The first-order valence-corrected chi connectivity index (χ1v) is 11.8. The summed E-state index contributed by atoms with van der Waals surface area (Å²) in [7, 11) is 0. The Bertz CT molecular complexity index is 829. The molecule has 11 heteroatoms. The molecule has 1 aromatic heterocycles. The standard InChI is InChI=1S/C18H25BrN4OS.C2H2O4/c19-15-8-6-14(7-9-15)17-21-22-18(25-13-11-20-10-12-24)23(17)16-4-2-1-3-5-16;3-1(4)2(5)6/h6-9,16,20,24H,1-5,10-13H2;(H,3,4)(H,5,6). The second kappa shape index (κ2) is 13.5. The van der Waals surface area contributed by atoms with Gasteiger partial charge in [-0.15, -0.1) is 10.2 Å². The van der Waals surface area contributed by atoms with Gasteiger partial charge in [-0.2, -0.15) is 0 Å². The van der Waals surface area contributed by atoms with Gasteiger partial charge in [0.2, 0.25) is 0 Å². The van der Waals surface area contributed by atoms with Crippen LogP contribution in [0.15, 0.2) is 33.9 Å². The summed E-state index contributed by atoms with van der Waals surface area (Å²) in [6.07, 6.45) is 6.31. The first kappa shape index (κ1) is 25.3. The molecular formula is C20H27BrN4O5S. The molecule has 0 unspecified atom stereocenters. The van der Waals surface area contributed by atoms with E-state index in [1.54, 1.807) is 11.8 Å². The van der Waals surface area contributed by atoms with Gasteiger partial charge in [0.05, 0.1) is 6.61 Å². The first-order chi connectivity index (χ1) is 14.9. The number of carbonyl (C=O) groups is 2. The summed E-state index contributed by atoms with van der Waals surface area (Å²) in [6, 6.07) is 8.81. The zero-order valence-corrected chi connectivity index (χ0v) is 19.4. The zero-order chi connectivity index (χ0) is 22.6. The van der Waals surface area contributed by atoms with Crippen molar-refractivity contribution in [2.75, 3.05) is 25.4 Å². The second-order valence-electron chi connectivity index (χ2n) is 6.91. The molecule has 0 atom stereocenters. The molecule has 0 amide bonds. The number of aliphatic carboxylic acids is 2. The Hall–Kier alpha value is -1.95. The van der Waals surface area contributed by atoms with Crippen molar-refractivity contribution in [3.63, 3.8) is 0 Å².